The van der Waals surface area contributed by atoms with Gasteiger partial charge in [-0.1, -0.05) is 42.5 Å². The summed E-state index contributed by atoms with van der Waals surface area (Å²) < 4.78 is 7.51. The van der Waals surface area contributed by atoms with E-state index in [1.54, 1.807) is 0 Å². The zero-order valence-electron chi connectivity index (χ0n) is 18.2. The van der Waals surface area contributed by atoms with E-state index in [4.69, 9.17) is 4.74 Å². The number of ether oxygens (including phenoxy) is 1. The van der Waals surface area contributed by atoms with E-state index >= 15 is 0 Å². The molecule has 1 aliphatic rings. The Hall–Kier alpha value is -3.07. The minimum Gasteiger partial charge on any atom is -0.507 e. The van der Waals surface area contributed by atoms with Crippen LogP contribution in [-0.2, 0) is 11.2 Å². The second-order valence-electron chi connectivity index (χ2n) is 7.89. The number of hydrogen-bond donors (Lipinski definition) is 2. The fraction of sp³-hybridized carbons (Fsp3) is 0.280. The Balaban J connectivity index is 1.59. The Morgan fingerprint density at radius 1 is 0.939 bits per heavy atom. The minimum absolute atomic E-state index is 0.0958. The normalized spacial score (nSPS) is 14.2. The highest BCUT2D eigenvalue weighted by Crippen LogP contribution is 2.44. The largest absolute Gasteiger partial charge is 0.507 e. The van der Waals surface area contributed by atoms with E-state index in [-0.39, 0.29) is 12.4 Å². The number of fused-ring (bicyclic) bond motifs is 1. The average molecular weight is 463 g/mol. The van der Waals surface area contributed by atoms with E-state index in [9.17, 15) is 10.2 Å². The van der Waals surface area contributed by atoms with Crippen LogP contribution in [0, 0.1) is 0 Å². The first-order valence-electron chi connectivity index (χ1n) is 11.1. The van der Waals surface area contributed by atoms with Gasteiger partial charge in [0.15, 0.2) is 0 Å². The lowest BCUT2D eigenvalue weighted by Crippen LogP contribution is -2.36. The maximum Gasteiger partial charge on any atom is 0.200 e. The molecule has 5 rings (SSSR count). The summed E-state index contributed by atoms with van der Waals surface area (Å²) >= 11 is 1.41. The highest BCUT2D eigenvalue weighted by molar-refractivity contribution is 7.99. The molecule has 0 saturated carbocycles. The Morgan fingerprint density at radius 2 is 1.67 bits per heavy atom. The van der Waals surface area contributed by atoms with Crippen molar-refractivity contribution in [2.75, 3.05) is 37.8 Å². The van der Waals surface area contributed by atoms with E-state index in [1.165, 1.54) is 11.8 Å². The van der Waals surface area contributed by atoms with Gasteiger partial charge in [-0.25, -0.2) is 0 Å². The van der Waals surface area contributed by atoms with Crippen molar-refractivity contribution in [1.29, 1.82) is 0 Å². The number of aromatic hydroxyl groups is 1. The van der Waals surface area contributed by atoms with Gasteiger partial charge in [-0.3, -0.25) is 4.57 Å². The molecule has 0 atom stereocenters. The molecule has 8 heteroatoms. The van der Waals surface area contributed by atoms with Crippen LogP contribution in [0.15, 0.2) is 70.7 Å². The summed E-state index contributed by atoms with van der Waals surface area (Å²) in [4.78, 5) is 3.01. The van der Waals surface area contributed by atoms with Crippen molar-refractivity contribution in [3.63, 3.8) is 0 Å². The van der Waals surface area contributed by atoms with E-state index in [0.717, 1.165) is 46.0 Å². The third-order valence-corrected chi connectivity index (χ3v) is 6.85. The number of aliphatic hydroxyl groups is 1. The van der Waals surface area contributed by atoms with Gasteiger partial charge >= 0.3 is 0 Å². The summed E-state index contributed by atoms with van der Waals surface area (Å²) in [5.74, 6) is 1.01. The molecule has 0 spiro atoms. The summed E-state index contributed by atoms with van der Waals surface area (Å²) in [7, 11) is 0. The Bertz CT molecular complexity index is 1240. The zero-order chi connectivity index (χ0) is 22.6. The molecule has 170 valence electrons. The van der Waals surface area contributed by atoms with Crippen molar-refractivity contribution in [2.24, 2.45) is 0 Å². The SMILES string of the molecule is OCCCc1nnc(Sc2c(O)cc(N3CCOCC3)c3ccccc23)n1-c1ccccc1. The Morgan fingerprint density at radius 3 is 2.42 bits per heavy atom. The maximum atomic E-state index is 11.1. The zero-order valence-corrected chi connectivity index (χ0v) is 19.0. The number of aliphatic hydroxyl groups excluding tert-OH is 1. The molecule has 1 saturated heterocycles. The van der Waals surface area contributed by atoms with Gasteiger partial charge in [-0.15, -0.1) is 10.2 Å². The van der Waals surface area contributed by atoms with Gasteiger partial charge in [0, 0.05) is 54.3 Å². The number of nitrogens with zero attached hydrogens (tertiary/aromatic N) is 4. The topological polar surface area (TPSA) is 83.6 Å². The van der Waals surface area contributed by atoms with Crippen LogP contribution in [0.1, 0.15) is 12.2 Å². The summed E-state index contributed by atoms with van der Waals surface area (Å²) in [6.07, 6.45) is 1.22. The molecular weight excluding hydrogens is 436 g/mol. The molecule has 3 aromatic carbocycles. The fourth-order valence-corrected chi connectivity index (χ4v) is 5.20. The molecule has 33 heavy (non-hydrogen) atoms. The summed E-state index contributed by atoms with van der Waals surface area (Å²) in [6.45, 7) is 3.06. The molecule has 1 aliphatic heterocycles. The number of morpholine rings is 1. The lowest BCUT2D eigenvalue weighted by molar-refractivity contribution is 0.123. The average Bonchev–Trinajstić information content (AvgIpc) is 3.27. The van der Waals surface area contributed by atoms with Gasteiger partial charge in [0.25, 0.3) is 0 Å². The molecule has 0 aliphatic carbocycles. The second-order valence-corrected chi connectivity index (χ2v) is 8.87. The number of aromatic nitrogens is 3. The van der Waals surface area contributed by atoms with Gasteiger partial charge in [-0.2, -0.15) is 0 Å². The van der Waals surface area contributed by atoms with Crippen molar-refractivity contribution in [1.82, 2.24) is 14.8 Å². The van der Waals surface area contributed by atoms with E-state index in [2.05, 4.69) is 21.2 Å². The number of rotatable bonds is 7. The lowest BCUT2D eigenvalue weighted by Gasteiger charge is -2.30. The maximum absolute atomic E-state index is 11.1. The molecule has 0 bridgehead atoms. The van der Waals surface area contributed by atoms with Gasteiger partial charge in [0.1, 0.15) is 11.6 Å². The van der Waals surface area contributed by atoms with Crippen molar-refractivity contribution in [2.45, 2.75) is 22.9 Å². The summed E-state index contributed by atoms with van der Waals surface area (Å²) in [5, 5.41) is 32.0. The molecule has 0 radical (unpaired) electrons. The molecule has 1 aromatic heterocycles. The Kier molecular flexibility index (Phi) is 6.48. The molecule has 0 unspecified atom stereocenters. The molecule has 1 fully saturated rings. The fourth-order valence-electron chi connectivity index (χ4n) is 4.18. The Labute approximate surface area is 196 Å². The molecule has 2 heterocycles. The van der Waals surface area contributed by atoms with Gasteiger partial charge in [-0.05, 0) is 30.3 Å². The van der Waals surface area contributed by atoms with Crippen LogP contribution < -0.4 is 4.90 Å². The first kappa shape index (κ1) is 21.8. The standard InChI is InChI=1S/C25H26N4O3S/c30-14-6-11-23-26-27-25(29(23)18-7-2-1-3-8-18)33-24-20-10-5-4-9-19(20)21(17-22(24)31)28-12-15-32-16-13-28/h1-5,7-10,17,30-31H,6,11-16H2. The number of benzene rings is 3. The molecule has 7 nitrogen and oxygen atoms in total. The van der Waals surface area contributed by atoms with E-state index < -0.39 is 0 Å². The van der Waals surface area contributed by atoms with Crippen LogP contribution in [0.25, 0.3) is 16.5 Å². The second kappa shape index (κ2) is 9.82. The quantitative estimate of drug-likeness (QED) is 0.429. The predicted molar refractivity (Wildman–Crippen MR) is 130 cm³/mol. The lowest BCUT2D eigenvalue weighted by atomic mass is 10.1. The van der Waals surface area contributed by atoms with Crippen molar-refractivity contribution in [3.8, 4) is 11.4 Å². The third kappa shape index (κ3) is 4.42. The number of anilines is 1. The van der Waals surface area contributed by atoms with Crippen LogP contribution in [-0.4, -0.2) is 57.9 Å². The number of phenols is 1. The summed E-state index contributed by atoms with van der Waals surface area (Å²) in [6, 6.07) is 19.9. The van der Waals surface area contributed by atoms with Crippen LogP contribution >= 0.6 is 11.8 Å². The van der Waals surface area contributed by atoms with E-state index in [1.807, 2.05) is 59.2 Å². The van der Waals surface area contributed by atoms with Crippen molar-refractivity contribution >= 4 is 28.2 Å². The van der Waals surface area contributed by atoms with Gasteiger partial charge in [0.05, 0.1) is 18.1 Å². The molecule has 2 N–H and O–H groups in total. The number of aryl methyl sites for hydroxylation is 1. The van der Waals surface area contributed by atoms with Crippen LogP contribution in [0.5, 0.6) is 5.75 Å². The number of hydrogen-bond acceptors (Lipinski definition) is 7. The molecule has 0 amide bonds. The summed E-state index contributed by atoms with van der Waals surface area (Å²) in [5.41, 5.74) is 1.97. The van der Waals surface area contributed by atoms with Gasteiger partial charge in [0.2, 0.25) is 5.16 Å². The highest BCUT2D eigenvalue weighted by atomic mass is 32.2. The number of phenolic OH excluding ortho intramolecular Hbond substituents is 1. The van der Waals surface area contributed by atoms with Crippen LogP contribution in [0.4, 0.5) is 5.69 Å². The van der Waals surface area contributed by atoms with E-state index in [0.29, 0.717) is 31.2 Å². The first-order valence-corrected chi connectivity index (χ1v) is 11.9. The minimum atomic E-state index is 0.0958. The van der Waals surface area contributed by atoms with Crippen LogP contribution in [0.2, 0.25) is 0 Å². The highest BCUT2D eigenvalue weighted by Gasteiger charge is 2.21. The third-order valence-electron chi connectivity index (χ3n) is 5.77. The smallest absolute Gasteiger partial charge is 0.200 e. The van der Waals surface area contributed by atoms with Crippen LogP contribution in [0.3, 0.4) is 0 Å². The first-order chi connectivity index (χ1) is 16.3. The monoisotopic (exact) mass is 462 g/mol. The molecular formula is C25H26N4O3S. The number of para-hydroxylation sites is 1. The predicted octanol–water partition coefficient (Wildman–Crippen LogP) is 4.04. The molecule has 4 aromatic rings. The van der Waals surface area contributed by atoms with Crippen molar-refractivity contribution in [3.05, 3.63) is 66.5 Å². The van der Waals surface area contributed by atoms with Crippen molar-refractivity contribution < 1.29 is 14.9 Å². The van der Waals surface area contributed by atoms with Gasteiger partial charge < -0.3 is 19.8 Å².